The van der Waals surface area contributed by atoms with E-state index in [1.165, 1.54) is 32.0 Å². The number of amides is 1. The summed E-state index contributed by atoms with van der Waals surface area (Å²) in [5, 5.41) is 2.69. The lowest BCUT2D eigenvalue weighted by molar-refractivity contribution is 0.102. The van der Waals surface area contributed by atoms with Crippen LogP contribution in [0.4, 0.5) is 10.1 Å². The van der Waals surface area contributed by atoms with Crippen molar-refractivity contribution < 1.29 is 9.18 Å². The predicted molar refractivity (Wildman–Crippen MR) is 98.7 cm³/mol. The van der Waals surface area contributed by atoms with Crippen LogP contribution in [0.3, 0.4) is 0 Å². The second kappa shape index (κ2) is 7.40. The first-order valence-electron chi connectivity index (χ1n) is 8.92. The van der Waals surface area contributed by atoms with Crippen LogP contribution in [0.25, 0.3) is 0 Å². The summed E-state index contributed by atoms with van der Waals surface area (Å²) in [6, 6.07) is 6.71. The number of halogens is 1. The normalized spacial score (nSPS) is 14.9. The van der Waals surface area contributed by atoms with Crippen LogP contribution in [0, 0.1) is 26.6 Å². The zero-order valence-corrected chi connectivity index (χ0v) is 15.2. The number of carbonyl (C=O) groups excluding carboxylic acids is 1. The summed E-state index contributed by atoms with van der Waals surface area (Å²) in [5.74, 6) is -0.667. The van der Waals surface area contributed by atoms with Crippen molar-refractivity contribution >= 4 is 11.6 Å². The maximum absolute atomic E-state index is 14.0. The fraction of sp³-hybridized carbons (Fsp3) is 0.450. The van der Waals surface area contributed by atoms with E-state index in [9.17, 15) is 9.18 Å². The first-order chi connectivity index (χ1) is 12.0. The number of aryl methyl sites for hydroxylation is 2. The Balaban J connectivity index is 1.73. The van der Waals surface area contributed by atoms with Crippen LogP contribution < -0.4 is 5.32 Å². The molecule has 1 aromatic carbocycles. The molecule has 5 heteroatoms. The van der Waals surface area contributed by atoms with Gasteiger partial charge in [0.05, 0.1) is 11.3 Å². The van der Waals surface area contributed by atoms with Gasteiger partial charge in [0.15, 0.2) is 0 Å². The highest BCUT2D eigenvalue weighted by atomic mass is 19.1. The van der Waals surface area contributed by atoms with Gasteiger partial charge in [0, 0.05) is 24.5 Å². The Bertz CT molecular complexity index is 775. The Kier molecular flexibility index (Phi) is 5.23. The molecule has 1 aromatic heterocycles. The number of rotatable bonds is 5. The SMILES string of the molecule is Cc1ccc(NC(=O)c2cc(C)n(CCN3CCCC3)c2C)c(F)c1. The van der Waals surface area contributed by atoms with Crippen LogP contribution in [-0.4, -0.2) is 35.0 Å². The molecule has 0 radical (unpaired) electrons. The monoisotopic (exact) mass is 343 g/mol. The van der Waals surface area contributed by atoms with E-state index >= 15 is 0 Å². The summed E-state index contributed by atoms with van der Waals surface area (Å²) in [7, 11) is 0. The molecule has 0 spiro atoms. The molecule has 1 aliphatic rings. The Morgan fingerprint density at radius 1 is 1.12 bits per heavy atom. The highest BCUT2D eigenvalue weighted by Crippen LogP contribution is 2.20. The topological polar surface area (TPSA) is 37.3 Å². The molecule has 1 aliphatic heterocycles. The van der Waals surface area contributed by atoms with Crippen molar-refractivity contribution in [2.45, 2.75) is 40.2 Å². The zero-order chi connectivity index (χ0) is 18.0. The number of anilines is 1. The van der Waals surface area contributed by atoms with Crippen LogP contribution >= 0.6 is 0 Å². The molecule has 0 unspecified atom stereocenters. The van der Waals surface area contributed by atoms with Crippen LogP contribution in [-0.2, 0) is 6.54 Å². The van der Waals surface area contributed by atoms with Crippen LogP contribution in [0.15, 0.2) is 24.3 Å². The van der Waals surface area contributed by atoms with E-state index in [2.05, 4.69) is 14.8 Å². The van der Waals surface area contributed by atoms with Gasteiger partial charge in [-0.15, -0.1) is 0 Å². The summed E-state index contributed by atoms with van der Waals surface area (Å²) in [6.45, 7) is 10.0. The minimum absolute atomic E-state index is 0.220. The van der Waals surface area contributed by atoms with Crippen molar-refractivity contribution in [3.63, 3.8) is 0 Å². The number of nitrogens with zero attached hydrogens (tertiary/aromatic N) is 2. The van der Waals surface area contributed by atoms with Crippen molar-refractivity contribution in [2.75, 3.05) is 25.0 Å². The zero-order valence-electron chi connectivity index (χ0n) is 15.2. The van der Waals surface area contributed by atoms with Crippen LogP contribution in [0.1, 0.15) is 40.2 Å². The molecule has 0 saturated carbocycles. The second-order valence-corrected chi connectivity index (χ2v) is 6.92. The third-order valence-corrected chi connectivity index (χ3v) is 5.03. The minimum Gasteiger partial charge on any atom is -0.347 e. The summed E-state index contributed by atoms with van der Waals surface area (Å²) >= 11 is 0. The molecule has 1 amide bonds. The molecule has 2 heterocycles. The highest BCUT2D eigenvalue weighted by Gasteiger charge is 2.18. The quantitative estimate of drug-likeness (QED) is 0.894. The summed E-state index contributed by atoms with van der Waals surface area (Å²) in [5.41, 5.74) is 3.65. The highest BCUT2D eigenvalue weighted by molar-refractivity contribution is 6.05. The summed E-state index contributed by atoms with van der Waals surface area (Å²) < 4.78 is 16.2. The van der Waals surface area contributed by atoms with Crippen molar-refractivity contribution in [1.82, 2.24) is 9.47 Å². The largest absolute Gasteiger partial charge is 0.347 e. The molecule has 1 fully saturated rings. The maximum atomic E-state index is 14.0. The Hall–Kier alpha value is -2.14. The standard InChI is InChI=1S/C20H26FN3O/c1-14-6-7-19(18(21)12-14)22-20(25)17-13-15(2)24(16(17)3)11-10-23-8-4-5-9-23/h6-7,12-13H,4-5,8-11H2,1-3H3,(H,22,25). The Morgan fingerprint density at radius 3 is 2.52 bits per heavy atom. The van der Waals surface area contributed by atoms with Gasteiger partial charge in [-0.2, -0.15) is 0 Å². The number of hydrogen-bond donors (Lipinski definition) is 1. The van der Waals surface area contributed by atoms with Crippen LogP contribution in [0.2, 0.25) is 0 Å². The predicted octanol–water partition coefficient (Wildman–Crippen LogP) is 3.90. The molecule has 25 heavy (non-hydrogen) atoms. The smallest absolute Gasteiger partial charge is 0.257 e. The first kappa shape index (κ1) is 17.7. The molecular formula is C20H26FN3O. The Labute approximate surface area is 148 Å². The number of aromatic nitrogens is 1. The van der Waals surface area contributed by atoms with Gasteiger partial charge in [0.25, 0.3) is 5.91 Å². The molecule has 0 atom stereocenters. The lowest BCUT2D eigenvalue weighted by Crippen LogP contribution is -2.25. The third kappa shape index (κ3) is 3.93. The van der Waals surface area contributed by atoms with E-state index in [-0.39, 0.29) is 11.6 Å². The van der Waals surface area contributed by atoms with E-state index in [1.54, 1.807) is 12.1 Å². The van der Waals surface area contributed by atoms with Crippen LogP contribution in [0.5, 0.6) is 0 Å². The van der Waals surface area contributed by atoms with E-state index < -0.39 is 5.82 Å². The fourth-order valence-electron chi connectivity index (χ4n) is 3.53. The van der Waals surface area contributed by atoms with Crippen molar-refractivity contribution in [1.29, 1.82) is 0 Å². The Morgan fingerprint density at radius 2 is 1.84 bits per heavy atom. The molecular weight excluding hydrogens is 317 g/mol. The van der Waals surface area contributed by atoms with Gasteiger partial charge in [-0.3, -0.25) is 4.79 Å². The van der Waals surface area contributed by atoms with Gasteiger partial charge in [-0.05, 0) is 70.5 Å². The summed E-state index contributed by atoms with van der Waals surface area (Å²) in [4.78, 5) is 15.1. The minimum atomic E-state index is -0.406. The number of likely N-dealkylation sites (tertiary alicyclic amines) is 1. The lowest BCUT2D eigenvalue weighted by Gasteiger charge is -2.17. The van der Waals surface area contributed by atoms with Gasteiger partial charge >= 0.3 is 0 Å². The average molecular weight is 343 g/mol. The molecule has 3 rings (SSSR count). The summed E-state index contributed by atoms with van der Waals surface area (Å²) in [6.07, 6.45) is 2.55. The molecule has 1 saturated heterocycles. The molecule has 2 aromatic rings. The number of hydrogen-bond acceptors (Lipinski definition) is 2. The van der Waals surface area contributed by atoms with Gasteiger partial charge in [-0.25, -0.2) is 4.39 Å². The third-order valence-electron chi connectivity index (χ3n) is 5.03. The van der Waals surface area contributed by atoms with Gasteiger partial charge in [0.1, 0.15) is 5.82 Å². The number of nitrogens with one attached hydrogen (secondary N) is 1. The lowest BCUT2D eigenvalue weighted by atomic mass is 10.2. The van der Waals surface area contributed by atoms with E-state index in [4.69, 9.17) is 0 Å². The van der Waals surface area contributed by atoms with Gasteiger partial charge in [0.2, 0.25) is 0 Å². The maximum Gasteiger partial charge on any atom is 0.257 e. The van der Waals surface area contributed by atoms with E-state index in [0.29, 0.717) is 5.56 Å². The van der Waals surface area contributed by atoms with Gasteiger partial charge in [-0.1, -0.05) is 6.07 Å². The first-order valence-corrected chi connectivity index (χ1v) is 8.92. The van der Waals surface area contributed by atoms with E-state index in [1.807, 2.05) is 26.8 Å². The van der Waals surface area contributed by atoms with Gasteiger partial charge < -0.3 is 14.8 Å². The molecule has 4 nitrogen and oxygen atoms in total. The molecule has 134 valence electrons. The van der Waals surface area contributed by atoms with Crippen molar-refractivity contribution in [2.24, 2.45) is 0 Å². The molecule has 1 N–H and O–H groups in total. The number of benzene rings is 1. The average Bonchev–Trinajstić information content (AvgIpc) is 3.17. The number of carbonyl (C=O) groups is 1. The molecule has 0 aliphatic carbocycles. The van der Waals surface area contributed by atoms with E-state index in [0.717, 1.165) is 30.0 Å². The molecule has 0 bridgehead atoms. The van der Waals surface area contributed by atoms with Crippen molar-refractivity contribution in [3.8, 4) is 0 Å². The fourth-order valence-corrected chi connectivity index (χ4v) is 3.53. The second-order valence-electron chi connectivity index (χ2n) is 6.92. The van der Waals surface area contributed by atoms with Crippen molar-refractivity contribution in [3.05, 3.63) is 52.6 Å².